The van der Waals surface area contributed by atoms with Gasteiger partial charge in [-0.3, -0.25) is 9.89 Å². The Kier molecular flexibility index (Phi) is 4.19. The number of aromatic amines is 1. The Labute approximate surface area is 134 Å². The number of aryl methyl sites for hydroxylation is 1. The van der Waals surface area contributed by atoms with Crippen molar-refractivity contribution >= 4 is 5.97 Å². The minimum Gasteiger partial charge on any atom is -0.461 e. The van der Waals surface area contributed by atoms with Gasteiger partial charge in [-0.1, -0.05) is 48.0 Å². The third-order valence-corrected chi connectivity index (χ3v) is 3.47. The standard InChI is InChI=1S/C18H17N3O2/c1-12-6-5-8-14(10-12)17-19-18(21-20-17)16-9-4-3-7-15(16)11-23-13(2)22/h3-10H,11H2,1-2H3,(H,19,20,21). The van der Waals surface area contributed by atoms with Gasteiger partial charge >= 0.3 is 5.97 Å². The number of hydrogen-bond donors (Lipinski definition) is 1. The second kappa shape index (κ2) is 6.44. The monoisotopic (exact) mass is 307 g/mol. The van der Waals surface area contributed by atoms with Crippen LogP contribution in [0.25, 0.3) is 22.8 Å². The highest BCUT2D eigenvalue weighted by Gasteiger charge is 2.12. The number of benzene rings is 2. The predicted octanol–water partition coefficient (Wildman–Crippen LogP) is 3.51. The molecular formula is C18H17N3O2. The Hall–Kier alpha value is -2.95. The van der Waals surface area contributed by atoms with Crippen molar-refractivity contribution in [3.63, 3.8) is 0 Å². The lowest BCUT2D eigenvalue weighted by Gasteiger charge is -2.06. The van der Waals surface area contributed by atoms with E-state index in [9.17, 15) is 4.79 Å². The number of carbonyl (C=O) groups excluding carboxylic acids is 1. The van der Waals surface area contributed by atoms with Gasteiger partial charge in [0.15, 0.2) is 11.6 Å². The SMILES string of the molecule is CC(=O)OCc1ccccc1-c1nc(-c2cccc(C)c2)n[nH]1. The van der Waals surface area contributed by atoms with E-state index in [0.29, 0.717) is 11.6 Å². The number of H-pyrrole nitrogens is 1. The summed E-state index contributed by atoms with van der Waals surface area (Å²) in [6, 6.07) is 15.7. The topological polar surface area (TPSA) is 67.9 Å². The minimum atomic E-state index is -0.308. The third-order valence-electron chi connectivity index (χ3n) is 3.47. The summed E-state index contributed by atoms with van der Waals surface area (Å²) in [6.45, 7) is 3.64. The average Bonchev–Trinajstić information content (AvgIpc) is 3.03. The van der Waals surface area contributed by atoms with Gasteiger partial charge in [-0.25, -0.2) is 4.98 Å². The van der Waals surface area contributed by atoms with E-state index in [1.54, 1.807) is 0 Å². The van der Waals surface area contributed by atoms with Crippen LogP contribution >= 0.6 is 0 Å². The average molecular weight is 307 g/mol. The molecule has 0 aliphatic heterocycles. The van der Waals surface area contributed by atoms with Crippen LogP contribution in [-0.4, -0.2) is 21.2 Å². The lowest BCUT2D eigenvalue weighted by Crippen LogP contribution is -2.00. The molecule has 1 heterocycles. The highest BCUT2D eigenvalue weighted by atomic mass is 16.5. The Bertz CT molecular complexity index is 840. The van der Waals surface area contributed by atoms with Crippen LogP contribution in [0.5, 0.6) is 0 Å². The first-order chi connectivity index (χ1) is 11.1. The maximum atomic E-state index is 11.0. The van der Waals surface area contributed by atoms with E-state index in [1.165, 1.54) is 6.92 Å². The van der Waals surface area contributed by atoms with Gasteiger partial charge in [-0.05, 0) is 13.0 Å². The molecule has 0 saturated carbocycles. The summed E-state index contributed by atoms with van der Waals surface area (Å²) in [4.78, 5) is 15.6. The first-order valence-electron chi connectivity index (χ1n) is 7.34. The van der Waals surface area contributed by atoms with Crippen molar-refractivity contribution in [2.75, 3.05) is 0 Å². The summed E-state index contributed by atoms with van der Waals surface area (Å²) in [5.41, 5.74) is 3.88. The zero-order valence-electron chi connectivity index (χ0n) is 13.0. The summed E-state index contributed by atoms with van der Waals surface area (Å²) in [7, 11) is 0. The van der Waals surface area contributed by atoms with Crippen LogP contribution < -0.4 is 0 Å². The molecule has 3 aromatic rings. The molecular weight excluding hydrogens is 290 g/mol. The third kappa shape index (κ3) is 3.45. The summed E-state index contributed by atoms with van der Waals surface area (Å²) < 4.78 is 5.10. The number of esters is 1. The van der Waals surface area contributed by atoms with Crippen molar-refractivity contribution in [2.24, 2.45) is 0 Å². The van der Waals surface area contributed by atoms with Crippen molar-refractivity contribution in [1.29, 1.82) is 0 Å². The first-order valence-corrected chi connectivity index (χ1v) is 7.34. The Morgan fingerprint density at radius 3 is 2.78 bits per heavy atom. The fraction of sp³-hybridized carbons (Fsp3) is 0.167. The van der Waals surface area contributed by atoms with E-state index in [1.807, 2.05) is 55.5 Å². The molecule has 23 heavy (non-hydrogen) atoms. The smallest absolute Gasteiger partial charge is 0.302 e. The summed E-state index contributed by atoms with van der Waals surface area (Å²) in [6.07, 6.45) is 0. The van der Waals surface area contributed by atoms with Gasteiger partial charge in [-0.2, -0.15) is 5.10 Å². The van der Waals surface area contributed by atoms with E-state index >= 15 is 0 Å². The highest BCUT2D eigenvalue weighted by molar-refractivity contribution is 5.67. The molecule has 3 rings (SSSR count). The van der Waals surface area contributed by atoms with Crippen LogP contribution in [-0.2, 0) is 16.1 Å². The molecule has 5 heteroatoms. The van der Waals surface area contributed by atoms with Crippen molar-refractivity contribution in [3.05, 3.63) is 59.7 Å². The summed E-state index contributed by atoms with van der Waals surface area (Å²) in [5.74, 6) is 0.994. The van der Waals surface area contributed by atoms with E-state index in [4.69, 9.17) is 4.74 Å². The Balaban J connectivity index is 1.93. The maximum Gasteiger partial charge on any atom is 0.302 e. The molecule has 0 aliphatic rings. The van der Waals surface area contributed by atoms with Crippen LogP contribution in [0, 0.1) is 6.92 Å². The fourth-order valence-corrected chi connectivity index (χ4v) is 2.35. The quantitative estimate of drug-likeness (QED) is 0.749. The molecule has 2 aromatic carbocycles. The number of hydrogen-bond acceptors (Lipinski definition) is 4. The van der Waals surface area contributed by atoms with Gasteiger partial charge in [0.2, 0.25) is 0 Å². The van der Waals surface area contributed by atoms with Gasteiger partial charge in [0.05, 0.1) is 0 Å². The van der Waals surface area contributed by atoms with Gasteiger partial charge in [0.1, 0.15) is 6.61 Å². The number of aromatic nitrogens is 3. The second-order valence-electron chi connectivity index (χ2n) is 5.31. The first kappa shape index (κ1) is 15.0. The minimum absolute atomic E-state index is 0.214. The second-order valence-corrected chi connectivity index (χ2v) is 5.31. The molecule has 0 saturated heterocycles. The molecule has 1 aromatic heterocycles. The van der Waals surface area contributed by atoms with Crippen LogP contribution in [0.15, 0.2) is 48.5 Å². The summed E-state index contributed by atoms with van der Waals surface area (Å²) in [5, 5.41) is 7.26. The lowest BCUT2D eigenvalue weighted by atomic mass is 10.1. The molecule has 0 aliphatic carbocycles. The van der Waals surface area contributed by atoms with E-state index < -0.39 is 0 Å². The summed E-state index contributed by atoms with van der Waals surface area (Å²) >= 11 is 0. The molecule has 116 valence electrons. The van der Waals surface area contributed by atoms with Gasteiger partial charge in [0.25, 0.3) is 0 Å². The zero-order chi connectivity index (χ0) is 16.2. The van der Waals surface area contributed by atoms with E-state index in [0.717, 1.165) is 22.3 Å². The number of ether oxygens (including phenoxy) is 1. The van der Waals surface area contributed by atoms with Crippen molar-refractivity contribution in [1.82, 2.24) is 15.2 Å². The highest BCUT2D eigenvalue weighted by Crippen LogP contribution is 2.24. The molecule has 1 N–H and O–H groups in total. The predicted molar refractivity (Wildman–Crippen MR) is 87.5 cm³/mol. The number of nitrogens with zero attached hydrogens (tertiary/aromatic N) is 2. The van der Waals surface area contributed by atoms with Crippen molar-refractivity contribution in [3.8, 4) is 22.8 Å². The Morgan fingerprint density at radius 2 is 2.00 bits per heavy atom. The molecule has 0 radical (unpaired) electrons. The van der Waals surface area contributed by atoms with Crippen molar-refractivity contribution in [2.45, 2.75) is 20.5 Å². The largest absolute Gasteiger partial charge is 0.461 e. The zero-order valence-corrected chi connectivity index (χ0v) is 13.0. The lowest BCUT2D eigenvalue weighted by molar-refractivity contribution is -0.142. The van der Waals surface area contributed by atoms with E-state index in [2.05, 4.69) is 15.2 Å². The number of carbonyl (C=O) groups is 1. The molecule has 0 fully saturated rings. The van der Waals surface area contributed by atoms with Gasteiger partial charge in [-0.15, -0.1) is 0 Å². The molecule has 0 amide bonds. The molecule has 0 spiro atoms. The van der Waals surface area contributed by atoms with Crippen LogP contribution in [0.1, 0.15) is 18.1 Å². The van der Waals surface area contributed by atoms with Crippen LogP contribution in [0.2, 0.25) is 0 Å². The normalized spacial score (nSPS) is 10.5. The molecule has 0 atom stereocenters. The number of nitrogens with one attached hydrogen (secondary N) is 1. The molecule has 0 unspecified atom stereocenters. The Morgan fingerprint density at radius 1 is 1.17 bits per heavy atom. The van der Waals surface area contributed by atoms with Crippen LogP contribution in [0.3, 0.4) is 0 Å². The van der Waals surface area contributed by atoms with E-state index in [-0.39, 0.29) is 12.6 Å². The maximum absolute atomic E-state index is 11.0. The van der Waals surface area contributed by atoms with Gasteiger partial charge in [0, 0.05) is 23.6 Å². The fourth-order valence-electron chi connectivity index (χ4n) is 2.35. The van der Waals surface area contributed by atoms with Gasteiger partial charge < -0.3 is 4.74 Å². The molecule has 0 bridgehead atoms. The van der Waals surface area contributed by atoms with Crippen LogP contribution in [0.4, 0.5) is 0 Å². The number of rotatable bonds is 4. The molecule has 5 nitrogen and oxygen atoms in total. The van der Waals surface area contributed by atoms with Crippen molar-refractivity contribution < 1.29 is 9.53 Å².